The number of hydrogen-bond donors (Lipinski definition) is 0. The van der Waals surface area contributed by atoms with Crippen molar-refractivity contribution in [3.63, 3.8) is 0 Å². The Morgan fingerprint density at radius 2 is 1.18 bits per heavy atom. The Morgan fingerprint density at radius 1 is 0.706 bits per heavy atom. The van der Waals surface area contributed by atoms with Crippen LogP contribution in [-0.2, 0) is 43.6 Å². The fraction of sp³-hybridized carbons (Fsp3) is 0.321. The van der Waals surface area contributed by atoms with Gasteiger partial charge < -0.3 is 18.9 Å². The van der Waals surface area contributed by atoms with Crippen molar-refractivity contribution < 1.29 is 23.7 Å². The topological polar surface area (TPSA) is 54.0 Å². The Bertz CT molecular complexity index is 999. The van der Waals surface area contributed by atoms with E-state index in [1.807, 2.05) is 91.0 Å². The summed E-state index contributed by atoms with van der Waals surface area (Å²) in [6, 6.07) is 30.1. The molecule has 3 aromatic rings. The van der Waals surface area contributed by atoms with E-state index < -0.39 is 11.5 Å². The summed E-state index contributed by atoms with van der Waals surface area (Å²) >= 11 is 1.54. The van der Waals surface area contributed by atoms with Crippen molar-refractivity contribution in [3.05, 3.63) is 108 Å². The van der Waals surface area contributed by atoms with Crippen LogP contribution in [0.4, 0.5) is 0 Å². The van der Waals surface area contributed by atoms with Gasteiger partial charge in [0.2, 0.25) is 0 Å². The van der Waals surface area contributed by atoms with Gasteiger partial charge >= 0.3 is 5.97 Å². The van der Waals surface area contributed by atoms with Crippen molar-refractivity contribution in [1.29, 1.82) is 0 Å². The number of carbonyl (C=O) groups is 1. The third-order valence-corrected chi connectivity index (χ3v) is 6.90. The third-order valence-electron chi connectivity index (χ3n) is 5.51. The minimum atomic E-state index is -0.465. The zero-order chi connectivity index (χ0) is 23.6. The van der Waals surface area contributed by atoms with Crippen molar-refractivity contribution >= 4 is 17.7 Å². The van der Waals surface area contributed by atoms with E-state index in [0.29, 0.717) is 26.4 Å². The van der Waals surface area contributed by atoms with Gasteiger partial charge in [-0.15, -0.1) is 11.8 Å². The molecule has 1 aliphatic rings. The SMILES string of the molecule is CC(=O)OC1S[C@H](COCc2ccccc2)[C@@H](OCc2ccccc2)[C@@H]1OCc1ccccc1. The predicted molar refractivity (Wildman–Crippen MR) is 133 cm³/mol. The van der Waals surface area contributed by atoms with E-state index >= 15 is 0 Å². The zero-order valence-electron chi connectivity index (χ0n) is 19.2. The summed E-state index contributed by atoms with van der Waals surface area (Å²) < 4.78 is 24.4. The number of rotatable bonds is 11. The summed E-state index contributed by atoms with van der Waals surface area (Å²) in [5.41, 5.74) is 2.78. The lowest BCUT2D eigenvalue weighted by Crippen LogP contribution is -2.40. The summed E-state index contributed by atoms with van der Waals surface area (Å²) in [5, 5.41) is -0.0439. The van der Waals surface area contributed by atoms with Gasteiger partial charge in [0.15, 0.2) is 5.44 Å². The molecule has 34 heavy (non-hydrogen) atoms. The molecule has 5 nitrogen and oxygen atoms in total. The number of esters is 1. The highest BCUT2D eigenvalue weighted by molar-refractivity contribution is 8.00. The fourth-order valence-electron chi connectivity index (χ4n) is 3.86. The maximum Gasteiger partial charge on any atom is 0.303 e. The molecule has 1 heterocycles. The Kier molecular flexibility index (Phi) is 9.16. The van der Waals surface area contributed by atoms with Crippen LogP contribution in [0.2, 0.25) is 0 Å². The van der Waals surface area contributed by atoms with Gasteiger partial charge in [0.05, 0.1) is 31.7 Å². The lowest BCUT2D eigenvalue weighted by atomic mass is 10.1. The van der Waals surface area contributed by atoms with E-state index in [4.69, 9.17) is 18.9 Å². The lowest BCUT2D eigenvalue weighted by molar-refractivity contribution is -0.155. The van der Waals surface area contributed by atoms with Gasteiger partial charge in [0, 0.05) is 6.92 Å². The van der Waals surface area contributed by atoms with Crippen LogP contribution in [0, 0.1) is 0 Å². The summed E-state index contributed by atoms with van der Waals surface area (Å²) in [6.45, 7) is 3.25. The van der Waals surface area contributed by atoms with Crippen molar-refractivity contribution in [1.82, 2.24) is 0 Å². The Hall–Kier alpha value is -2.64. The van der Waals surface area contributed by atoms with E-state index in [1.165, 1.54) is 6.92 Å². The van der Waals surface area contributed by atoms with E-state index in [-0.39, 0.29) is 17.3 Å². The second-order valence-corrected chi connectivity index (χ2v) is 9.52. The van der Waals surface area contributed by atoms with Crippen molar-refractivity contribution in [3.8, 4) is 0 Å². The van der Waals surface area contributed by atoms with E-state index in [9.17, 15) is 4.79 Å². The van der Waals surface area contributed by atoms with Gasteiger partial charge in [0.25, 0.3) is 0 Å². The Labute approximate surface area is 205 Å². The molecule has 6 heteroatoms. The maximum absolute atomic E-state index is 11.8. The first-order chi connectivity index (χ1) is 16.7. The highest BCUT2D eigenvalue weighted by Crippen LogP contribution is 2.40. The quantitative estimate of drug-likeness (QED) is 0.345. The third kappa shape index (κ3) is 7.18. The molecule has 1 fully saturated rings. The van der Waals surface area contributed by atoms with Crippen molar-refractivity contribution in [2.24, 2.45) is 0 Å². The van der Waals surface area contributed by atoms with Gasteiger partial charge in [-0.3, -0.25) is 4.79 Å². The number of benzene rings is 3. The van der Waals surface area contributed by atoms with Gasteiger partial charge in [0.1, 0.15) is 12.2 Å². The molecule has 0 bridgehead atoms. The Morgan fingerprint density at radius 3 is 1.68 bits per heavy atom. The highest BCUT2D eigenvalue weighted by Gasteiger charge is 2.48. The van der Waals surface area contributed by atoms with Crippen LogP contribution in [0.25, 0.3) is 0 Å². The van der Waals surface area contributed by atoms with E-state index in [2.05, 4.69) is 0 Å². The minimum Gasteiger partial charge on any atom is -0.449 e. The van der Waals surface area contributed by atoms with Gasteiger partial charge in [-0.2, -0.15) is 0 Å². The molecule has 1 unspecified atom stereocenters. The molecular weight excluding hydrogens is 448 g/mol. The molecule has 0 amide bonds. The minimum absolute atomic E-state index is 0.0439. The molecule has 0 aliphatic carbocycles. The average molecular weight is 479 g/mol. The normalized spacial score (nSPS) is 21.9. The van der Waals surface area contributed by atoms with Crippen molar-refractivity contribution in [2.45, 2.75) is 49.6 Å². The fourth-order valence-corrected chi connectivity index (χ4v) is 5.35. The molecule has 0 aromatic heterocycles. The van der Waals surface area contributed by atoms with Crippen molar-refractivity contribution in [2.75, 3.05) is 6.61 Å². The summed E-state index contributed by atoms with van der Waals surface area (Å²) in [6.07, 6.45) is -0.711. The van der Waals surface area contributed by atoms with Crippen LogP contribution in [0.15, 0.2) is 91.0 Å². The summed E-state index contributed by atoms with van der Waals surface area (Å²) in [4.78, 5) is 11.8. The molecule has 4 atom stereocenters. The number of ether oxygens (including phenoxy) is 4. The molecule has 0 N–H and O–H groups in total. The van der Waals surface area contributed by atoms with Gasteiger partial charge in [-0.25, -0.2) is 0 Å². The first-order valence-electron chi connectivity index (χ1n) is 11.4. The van der Waals surface area contributed by atoms with Crippen LogP contribution in [0.5, 0.6) is 0 Å². The summed E-state index contributed by atoms with van der Waals surface area (Å²) in [5.74, 6) is -0.335. The molecular formula is C28H30O5S. The van der Waals surface area contributed by atoms with Gasteiger partial charge in [-0.1, -0.05) is 91.0 Å². The van der Waals surface area contributed by atoms with Crippen LogP contribution < -0.4 is 0 Å². The summed E-state index contributed by atoms with van der Waals surface area (Å²) in [7, 11) is 0. The number of hydrogen-bond acceptors (Lipinski definition) is 6. The molecule has 1 aliphatic heterocycles. The molecule has 0 saturated carbocycles. The van der Waals surface area contributed by atoms with Crippen LogP contribution >= 0.6 is 11.8 Å². The van der Waals surface area contributed by atoms with Crippen LogP contribution in [0.3, 0.4) is 0 Å². The number of carbonyl (C=O) groups excluding carboxylic acids is 1. The van der Waals surface area contributed by atoms with E-state index in [0.717, 1.165) is 16.7 Å². The average Bonchev–Trinajstić information content (AvgIpc) is 3.18. The second kappa shape index (κ2) is 12.7. The first-order valence-corrected chi connectivity index (χ1v) is 12.4. The Balaban J connectivity index is 1.47. The van der Waals surface area contributed by atoms with Crippen LogP contribution in [-0.4, -0.2) is 35.5 Å². The van der Waals surface area contributed by atoms with E-state index in [1.54, 1.807) is 11.8 Å². The largest absolute Gasteiger partial charge is 0.449 e. The number of thioether (sulfide) groups is 1. The zero-order valence-corrected chi connectivity index (χ0v) is 20.1. The molecule has 178 valence electrons. The molecule has 0 spiro atoms. The highest BCUT2D eigenvalue weighted by atomic mass is 32.2. The molecule has 4 rings (SSSR count). The molecule has 3 aromatic carbocycles. The maximum atomic E-state index is 11.8. The smallest absolute Gasteiger partial charge is 0.303 e. The second-order valence-electron chi connectivity index (χ2n) is 8.18. The molecule has 1 saturated heterocycles. The van der Waals surface area contributed by atoms with Crippen LogP contribution in [0.1, 0.15) is 23.6 Å². The standard InChI is InChI=1S/C28H30O5S/c1-21(29)33-28-27(32-19-24-15-9-4-10-16-24)26(31-18-23-13-7-3-8-14-23)25(34-28)20-30-17-22-11-5-2-6-12-22/h2-16,25-28H,17-20H2,1H3/t25-,26-,27+,28?/m1/s1. The lowest BCUT2D eigenvalue weighted by Gasteiger charge is -2.26. The predicted octanol–water partition coefficient (Wildman–Crippen LogP) is 5.38. The molecule has 0 radical (unpaired) electrons. The monoisotopic (exact) mass is 478 g/mol. The first kappa shape index (κ1) is 24.5. The van der Waals surface area contributed by atoms with Gasteiger partial charge in [-0.05, 0) is 16.7 Å².